The van der Waals surface area contributed by atoms with E-state index in [-0.39, 0.29) is 0 Å². The molecule has 0 spiro atoms. The Labute approximate surface area is 349 Å². The van der Waals surface area contributed by atoms with Gasteiger partial charge in [-0.05, 0) is 112 Å². The Morgan fingerprint density at radius 2 is 0.873 bits per heavy atom. The molecule has 0 unspecified atom stereocenters. The van der Waals surface area contributed by atoms with Gasteiger partial charge in [-0.1, -0.05) is 117 Å². The van der Waals surface area contributed by atoms with Gasteiger partial charge in [-0.15, -0.1) is 45.3 Å². The van der Waals surface area contributed by atoms with Gasteiger partial charge in [0.2, 0.25) is 0 Å². The van der Waals surface area contributed by atoms with Crippen molar-refractivity contribution < 1.29 is 0 Å². The van der Waals surface area contributed by atoms with E-state index in [2.05, 4.69) is 77.9 Å². The van der Waals surface area contributed by atoms with E-state index in [0.29, 0.717) is 6.67 Å². The summed E-state index contributed by atoms with van der Waals surface area (Å²) in [6.45, 7) is 14.4. The van der Waals surface area contributed by atoms with Crippen molar-refractivity contribution in [3.05, 3.63) is 79.1 Å². The van der Waals surface area contributed by atoms with Gasteiger partial charge in [0.25, 0.3) is 0 Å². The van der Waals surface area contributed by atoms with Crippen LogP contribution in [0.5, 0.6) is 0 Å². The first-order chi connectivity index (χ1) is 26.9. The lowest BCUT2D eigenvalue weighted by atomic mass is 10.00. The van der Waals surface area contributed by atoms with Crippen molar-refractivity contribution in [3.8, 4) is 40.4 Å². The van der Waals surface area contributed by atoms with Crippen LogP contribution in [0.3, 0.4) is 0 Å². The lowest BCUT2D eigenvalue weighted by Crippen LogP contribution is -2.26. The smallest absolute Gasteiger partial charge is 0.130 e. The summed E-state index contributed by atoms with van der Waals surface area (Å²) in [6.07, 6.45) is 25.4. The summed E-state index contributed by atoms with van der Waals surface area (Å²) >= 11 is 8.01. The van der Waals surface area contributed by atoms with Crippen LogP contribution >= 0.6 is 45.3 Å². The van der Waals surface area contributed by atoms with Crippen LogP contribution in [0.2, 0.25) is 0 Å². The normalized spacial score (nSPS) is 12.4. The molecule has 6 rings (SSSR count). The first kappa shape index (κ1) is 42.2. The predicted octanol–water partition coefficient (Wildman–Crippen LogP) is 15.9. The number of hydrogen-bond donors (Lipinski definition) is 0. The van der Waals surface area contributed by atoms with Crippen molar-refractivity contribution in [1.82, 2.24) is 0 Å². The highest BCUT2D eigenvalue weighted by Crippen LogP contribution is 2.45. The monoisotopic (exact) mass is 810 g/mol. The maximum Gasteiger partial charge on any atom is 0.130 e. The van der Waals surface area contributed by atoms with Crippen LogP contribution in [0.4, 0.5) is 0 Å². The average molecular weight is 811 g/mol. The summed E-state index contributed by atoms with van der Waals surface area (Å²) in [5.74, 6) is 0. The fourth-order valence-corrected chi connectivity index (χ4v) is 13.1. The first-order valence-corrected chi connectivity index (χ1v) is 25.2. The second-order valence-electron chi connectivity index (χ2n) is 15.9. The molecule has 296 valence electrons. The van der Waals surface area contributed by atoms with Gasteiger partial charge in [-0.25, -0.2) is 0 Å². The molecule has 1 aliphatic rings. The minimum atomic E-state index is 0.531. The number of aryl methyl sites for hydroxylation is 6. The molecule has 2 nitrogen and oxygen atoms in total. The zero-order chi connectivity index (χ0) is 38.6. The molecule has 4 aromatic heterocycles. The number of unbranched alkanes of at least 4 members (excludes halogenated alkanes) is 12. The SMILES string of the molecule is CCCCCCc1cc(-c2sc(-c3ccc(-c4sc(-c5sc(C)cc5CCCCCC)cc4CCCCCC)c4c3=NCN=4)cc2CCCCCC)sc1C. The van der Waals surface area contributed by atoms with Gasteiger partial charge in [-0.3, -0.25) is 9.98 Å². The van der Waals surface area contributed by atoms with Crippen LogP contribution in [0.25, 0.3) is 40.4 Å². The highest BCUT2D eigenvalue weighted by Gasteiger charge is 2.22. The standard InChI is InChI=1S/C49H66N2S4/c1-7-11-15-19-23-36-30-43(53-35(36)6)49-39(26-22-18-14-10-4)31-42(54-49)40-27-28-41(46-45(40)50-33-51-46)47-38(25-21-17-13-9-3)32-44(55-47)48-37(29-34(5)52-48)24-20-16-12-8-2/h27-32H,7-26,33H2,1-6H3. The number of thiophene rings is 4. The molecule has 0 N–H and O–H groups in total. The lowest BCUT2D eigenvalue weighted by molar-refractivity contribution is 0.666. The molecule has 5 heterocycles. The van der Waals surface area contributed by atoms with Crippen molar-refractivity contribution in [2.45, 2.75) is 170 Å². The fraction of sp³-hybridized carbons (Fsp3) is 0.551. The van der Waals surface area contributed by atoms with E-state index >= 15 is 0 Å². The minimum Gasteiger partial charge on any atom is -0.259 e. The Kier molecular flexibility index (Phi) is 16.4. The maximum atomic E-state index is 5.14. The largest absolute Gasteiger partial charge is 0.259 e. The highest BCUT2D eigenvalue weighted by molar-refractivity contribution is 7.24. The third-order valence-electron chi connectivity index (χ3n) is 11.3. The summed E-state index contributed by atoms with van der Waals surface area (Å²) in [6, 6.07) is 14.9. The molecule has 55 heavy (non-hydrogen) atoms. The van der Waals surface area contributed by atoms with Crippen LogP contribution in [-0.2, 0) is 25.7 Å². The first-order valence-electron chi connectivity index (χ1n) is 21.9. The van der Waals surface area contributed by atoms with E-state index in [4.69, 9.17) is 9.98 Å². The number of hydrogen-bond acceptors (Lipinski definition) is 6. The molecule has 6 heteroatoms. The Balaban J connectivity index is 1.36. The summed E-state index contributed by atoms with van der Waals surface area (Å²) in [5, 5.41) is 2.22. The van der Waals surface area contributed by atoms with Crippen molar-refractivity contribution in [2.24, 2.45) is 9.98 Å². The van der Waals surface area contributed by atoms with Gasteiger partial charge < -0.3 is 0 Å². The molecule has 0 fully saturated rings. The second kappa shape index (κ2) is 21.4. The molecule has 0 radical (unpaired) electrons. The average Bonchev–Trinajstić information content (AvgIpc) is 4.03. The van der Waals surface area contributed by atoms with Crippen LogP contribution in [-0.4, -0.2) is 6.67 Å². The van der Waals surface area contributed by atoms with E-state index in [0.717, 1.165) is 23.6 Å². The van der Waals surface area contributed by atoms with Gasteiger partial charge in [0.05, 0.1) is 10.7 Å². The van der Waals surface area contributed by atoms with E-state index in [9.17, 15) is 0 Å². The van der Waals surface area contributed by atoms with Crippen LogP contribution in [0.15, 0.2) is 46.4 Å². The van der Waals surface area contributed by atoms with Gasteiger partial charge in [0, 0.05) is 50.1 Å². The number of nitrogens with zero attached hydrogens (tertiary/aromatic N) is 2. The molecule has 0 atom stereocenters. The molecular weight excluding hydrogens is 745 g/mol. The Hall–Kier alpha value is -2.38. The zero-order valence-electron chi connectivity index (χ0n) is 34.8. The predicted molar refractivity (Wildman–Crippen MR) is 248 cm³/mol. The van der Waals surface area contributed by atoms with Crippen molar-refractivity contribution in [2.75, 3.05) is 6.67 Å². The second-order valence-corrected chi connectivity index (χ2v) is 20.5. The maximum absolute atomic E-state index is 5.14. The van der Waals surface area contributed by atoms with Gasteiger partial charge >= 0.3 is 0 Å². The third-order valence-corrected chi connectivity index (χ3v) is 16.3. The van der Waals surface area contributed by atoms with Crippen LogP contribution in [0, 0.1) is 13.8 Å². The quantitative estimate of drug-likeness (QED) is 0.0555. The fourth-order valence-electron chi connectivity index (χ4n) is 8.18. The number of benzene rings is 1. The summed E-state index contributed by atoms with van der Waals surface area (Å²) < 4.78 is 0. The Morgan fingerprint density at radius 3 is 1.47 bits per heavy atom. The van der Waals surface area contributed by atoms with Crippen molar-refractivity contribution in [3.63, 3.8) is 0 Å². The number of rotatable bonds is 24. The van der Waals surface area contributed by atoms with Crippen molar-refractivity contribution in [1.29, 1.82) is 0 Å². The van der Waals surface area contributed by atoms with Gasteiger partial charge in [0.15, 0.2) is 0 Å². The zero-order valence-corrected chi connectivity index (χ0v) is 38.1. The van der Waals surface area contributed by atoms with Gasteiger partial charge in [0.1, 0.15) is 6.67 Å². The molecule has 0 amide bonds. The summed E-state index contributed by atoms with van der Waals surface area (Å²) in [4.78, 5) is 21.9. The molecular formula is C49H66N2S4. The topological polar surface area (TPSA) is 24.7 Å². The Morgan fingerprint density at radius 1 is 0.436 bits per heavy atom. The molecule has 5 aromatic rings. The minimum absolute atomic E-state index is 0.531. The van der Waals surface area contributed by atoms with E-state index in [1.165, 1.54) is 177 Å². The molecule has 0 saturated heterocycles. The Bertz CT molecular complexity index is 2090. The highest BCUT2D eigenvalue weighted by atomic mass is 32.1. The van der Waals surface area contributed by atoms with Crippen molar-refractivity contribution >= 4 is 45.3 Å². The molecule has 0 saturated carbocycles. The molecule has 1 aromatic carbocycles. The van der Waals surface area contributed by atoms with E-state index in [1.54, 1.807) is 11.1 Å². The number of fused-ring (bicyclic) bond motifs is 1. The lowest BCUT2D eigenvalue weighted by Gasteiger charge is -2.06. The van der Waals surface area contributed by atoms with E-state index < -0.39 is 0 Å². The summed E-state index contributed by atoms with van der Waals surface area (Å²) in [7, 11) is 0. The van der Waals surface area contributed by atoms with E-state index in [1.807, 2.05) is 45.3 Å². The molecule has 1 aliphatic heterocycles. The molecule has 0 bridgehead atoms. The summed E-state index contributed by atoms with van der Waals surface area (Å²) in [5.41, 5.74) is 8.69. The third kappa shape index (κ3) is 10.8. The van der Waals surface area contributed by atoms with Crippen LogP contribution in [0.1, 0.15) is 162 Å². The van der Waals surface area contributed by atoms with Crippen LogP contribution < -0.4 is 10.7 Å². The van der Waals surface area contributed by atoms with Gasteiger partial charge in [-0.2, -0.15) is 0 Å². The molecule has 0 aliphatic carbocycles.